The molecule has 2 aromatic carbocycles. The molecule has 5 nitrogen and oxygen atoms in total. The number of anilines is 2. The molecule has 2 N–H and O–H groups in total. The quantitative estimate of drug-likeness (QED) is 0.831. The van der Waals surface area contributed by atoms with Crippen LogP contribution < -0.4 is 15.8 Å². The first-order valence-electron chi connectivity index (χ1n) is 8.84. The van der Waals surface area contributed by atoms with Crippen LogP contribution in [0.3, 0.4) is 0 Å². The van der Waals surface area contributed by atoms with E-state index in [4.69, 9.17) is 0 Å². The number of hydrazine groups is 1. The van der Waals surface area contributed by atoms with Gasteiger partial charge in [-0.05, 0) is 66.8 Å². The minimum atomic E-state index is -0.413. The number of benzene rings is 2. The SMILES string of the molecule is O=C(NNc1ccc(F)cc1)C1CC(=O)N(c2ccc3c(c2)CCC3)C1. The third kappa shape index (κ3) is 3.27. The Balaban J connectivity index is 1.39. The van der Waals surface area contributed by atoms with Crippen molar-refractivity contribution in [2.45, 2.75) is 25.7 Å². The molecule has 1 heterocycles. The molecule has 0 spiro atoms. The molecule has 1 saturated heterocycles. The maximum atomic E-state index is 12.9. The molecule has 1 unspecified atom stereocenters. The lowest BCUT2D eigenvalue weighted by Gasteiger charge is -2.18. The van der Waals surface area contributed by atoms with Crippen LogP contribution in [0.2, 0.25) is 0 Å². The van der Waals surface area contributed by atoms with Crippen molar-refractivity contribution in [1.82, 2.24) is 5.43 Å². The van der Waals surface area contributed by atoms with Crippen molar-refractivity contribution < 1.29 is 14.0 Å². The molecule has 26 heavy (non-hydrogen) atoms. The van der Waals surface area contributed by atoms with E-state index in [1.165, 1.54) is 35.4 Å². The summed E-state index contributed by atoms with van der Waals surface area (Å²) in [5, 5.41) is 0. The number of hydrogen-bond acceptors (Lipinski definition) is 3. The van der Waals surface area contributed by atoms with Crippen LogP contribution in [0, 0.1) is 11.7 Å². The summed E-state index contributed by atoms with van der Waals surface area (Å²) >= 11 is 0. The van der Waals surface area contributed by atoms with E-state index in [0.717, 1.165) is 24.9 Å². The number of amides is 2. The van der Waals surface area contributed by atoms with Crippen molar-refractivity contribution >= 4 is 23.2 Å². The molecule has 0 aromatic heterocycles. The molecule has 1 atom stereocenters. The van der Waals surface area contributed by atoms with E-state index in [2.05, 4.69) is 23.0 Å². The van der Waals surface area contributed by atoms with Crippen LogP contribution in [0.15, 0.2) is 42.5 Å². The van der Waals surface area contributed by atoms with Crippen LogP contribution in [0.5, 0.6) is 0 Å². The molecule has 6 heteroatoms. The summed E-state index contributed by atoms with van der Waals surface area (Å²) in [4.78, 5) is 26.4. The van der Waals surface area contributed by atoms with Crippen molar-refractivity contribution in [3.63, 3.8) is 0 Å². The largest absolute Gasteiger partial charge is 0.312 e. The zero-order chi connectivity index (χ0) is 18.1. The Labute approximate surface area is 151 Å². The Morgan fingerprint density at radius 3 is 2.65 bits per heavy atom. The Hall–Kier alpha value is -2.89. The van der Waals surface area contributed by atoms with Crippen LogP contribution in [-0.2, 0) is 22.4 Å². The molecule has 1 aliphatic carbocycles. The molecule has 0 saturated carbocycles. The van der Waals surface area contributed by atoms with Crippen LogP contribution >= 0.6 is 0 Å². The number of fused-ring (bicyclic) bond motifs is 1. The third-order valence-electron chi connectivity index (χ3n) is 5.06. The highest BCUT2D eigenvalue weighted by atomic mass is 19.1. The first kappa shape index (κ1) is 16.6. The lowest BCUT2D eigenvalue weighted by atomic mass is 10.1. The number of nitrogens with one attached hydrogen (secondary N) is 2. The predicted octanol–water partition coefficient (Wildman–Crippen LogP) is 2.81. The minimum absolute atomic E-state index is 0.0371. The van der Waals surface area contributed by atoms with Gasteiger partial charge in [-0.3, -0.25) is 20.4 Å². The van der Waals surface area contributed by atoms with Crippen molar-refractivity contribution in [2.75, 3.05) is 16.9 Å². The normalized spacial score (nSPS) is 18.7. The molecule has 1 fully saturated rings. The third-order valence-corrected chi connectivity index (χ3v) is 5.06. The second-order valence-electron chi connectivity index (χ2n) is 6.83. The first-order valence-corrected chi connectivity index (χ1v) is 8.84. The Kier molecular flexibility index (Phi) is 4.32. The molecule has 2 amide bonds. The summed E-state index contributed by atoms with van der Waals surface area (Å²) in [5.41, 5.74) is 9.48. The van der Waals surface area contributed by atoms with Crippen LogP contribution in [0.4, 0.5) is 15.8 Å². The van der Waals surface area contributed by atoms with Crippen LogP contribution in [-0.4, -0.2) is 18.4 Å². The molecular formula is C20H20FN3O2. The molecular weight excluding hydrogens is 333 g/mol. The van der Waals surface area contributed by atoms with Gasteiger partial charge in [0.1, 0.15) is 5.82 Å². The maximum absolute atomic E-state index is 12.9. The summed E-state index contributed by atoms with van der Waals surface area (Å²) in [7, 11) is 0. The average Bonchev–Trinajstić information content (AvgIpc) is 3.26. The van der Waals surface area contributed by atoms with E-state index in [1.54, 1.807) is 4.90 Å². The highest BCUT2D eigenvalue weighted by Crippen LogP contribution is 2.30. The topological polar surface area (TPSA) is 61.4 Å². The predicted molar refractivity (Wildman–Crippen MR) is 97.1 cm³/mol. The van der Waals surface area contributed by atoms with Crippen molar-refractivity contribution in [1.29, 1.82) is 0 Å². The van der Waals surface area contributed by atoms with Gasteiger partial charge >= 0.3 is 0 Å². The second kappa shape index (κ2) is 6.78. The maximum Gasteiger partial charge on any atom is 0.243 e. The zero-order valence-corrected chi connectivity index (χ0v) is 14.3. The fourth-order valence-electron chi connectivity index (χ4n) is 3.63. The van der Waals surface area contributed by atoms with Gasteiger partial charge in [0, 0.05) is 18.7 Å². The zero-order valence-electron chi connectivity index (χ0n) is 14.3. The number of aryl methyl sites for hydroxylation is 2. The van der Waals surface area contributed by atoms with Gasteiger partial charge in [0.25, 0.3) is 0 Å². The van der Waals surface area contributed by atoms with E-state index in [-0.39, 0.29) is 24.1 Å². The lowest BCUT2D eigenvalue weighted by Crippen LogP contribution is -2.36. The summed E-state index contributed by atoms with van der Waals surface area (Å²) in [5.74, 6) is -1.03. The number of carbonyl (C=O) groups excluding carboxylic acids is 2. The number of nitrogens with zero attached hydrogens (tertiary/aromatic N) is 1. The van der Waals surface area contributed by atoms with Crippen molar-refractivity contribution in [3.05, 3.63) is 59.4 Å². The molecule has 4 rings (SSSR count). The van der Waals surface area contributed by atoms with Crippen molar-refractivity contribution in [2.24, 2.45) is 5.92 Å². The molecule has 0 bridgehead atoms. The summed E-state index contributed by atoms with van der Waals surface area (Å²) in [6, 6.07) is 11.8. The highest BCUT2D eigenvalue weighted by Gasteiger charge is 2.35. The van der Waals surface area contributed by atoms with Gasteiger partial charge < -0.3 is 4.90 Å². The minimum Gasteiger partial charge on any atom is -0.312 e. The Morgan fingerprint density at radius 1 is 1.08 bits per heavy atom. The standard InChI is InChI=1S/C20H20FN3O2/c21-16-5-7-17(8-6-16)22-23-20(26)15-11-19(25)24(12-15)18-9-4-13-2-1-3-14(13)10-18/h4-10,15,22H,1-3,11-12H2,(H,23,26). The number of carbonyl (C=O) groups is 2. The fraction of sp³-hybridized carbons (Fsp3) is 0.300. The van der Waals surface area contributed by atoms with E-state index in [1.807, 2.05) is 6.07 Å². The highest BCUT2D eigenvalue weighted by molar-refractivity contribution is 6.00. The molecule has 2 aromatic rings. The van der Waals surface area contributed by atoms with E-state index in [0.29, 0.717) is 12.2 Å². The lowest BCUT2D eigenvalue weighted by molar-refractivity contribution is -0.125. The van der Waals surface area contributed by atoms with Gasteiger partial charge in [-0.2, -0.15) is 0 Å². The number of rotatable bonds is 4. The number of hydrogen-bond donors (Lipinski definition) is 2. The second-order valence-corrected chi connectivity index (χ2v) is 6.83. The van der Waals surface area contributed by atoms with Crippen LogP contribution in [0.25, 0.3) is 0 Å². The average molecular weight is 353 g/mol. The van der Waals surface area contributed by atoms with Gasteiger partial charge in [-0.1, -0.05) is 6.07 Å². The van der Waals surface area contributed by atoms with Gasteiger partial charge in [-0.15, -0.1) is 0 Å². The van der Waals surface area contributed by atoms with E-state index >= 15 is 0 Å². The monoisotopic (exact) mass is 353 g/mol. The van der Waals surface area contributed by atoms with Crippen molar-refractivity contribution in [3.8, 4) is 0 Å². The Bertz CT molecular complexity index is 851. The van der Waals surface area contributed by atoms with E-state index in [9.17, 15) is 14.0 Å². The molecule has 2 aliphatic rings. The molecule has 134 valence electrons. The molecule has 1 aliphatic heterocycles. The smallest absolute Gasteiger partial charge is 0.243 e. The van der Waals surface area contributed by atoms with Gasteiger partial charge in [0.05, 0.1) is 11.6 Å². The van der Waals surface area contributed by atoms with Gasteiger partial charge in [-0.25, -0.2) is 4.39 Å². The summed E-state index contributed by atoms with van der Waals surface area (Å²) in [6.45, 7) is 0.370. The summed E-state index contributed by atoms with van der Waals surface area (Å²) < 4.78 is 12.9. The van der Waals surface area contributed by atoms with Gasteiger partial charge in [0.2, 0.25) is 11.8 Å². The fourth-order valence-corrected chi connectivity index (χ4v) is 3.63. The van der Waals surface area contributed by atoms with E-state index < -0.39 is 5.92 Å². The summed E-state index contributed by atoms with van der Waals surface area (Å²) in [6.07, 6.45) is 3.50. The first-order chi connectivity index (χ1) is 12.6. The van der Waals surface area contributed by atoms with Gasteiger partial charge in [0.15, 0.2) is 0 Å². The molecule has 0 radical (unpaired) electrons. The van der Waals surface area contributed by atoms with Crippen LogP contribution in [0.1, 0.15) is 24.0 Å². The number of halogens is 1. The Morgan fingerprint density at radius 2 is 1.85 bits per heavy atom.